The molecular formula is C28H44NO6P. The SMILES string of the molecule is C=CCNCCC(O)(C=CC1OC(=O)C=CC1CC)C(CC(O)C=CC=CC1CCCC(O)C1)OP. The van der Waals surface area contributed by atoms with Gasteiger partial charge in [-0.25, -0.2) is 4.79 Å². The zero-order valence-corrected chi connectivity index (χ0v) is 22.5. The Morgan fingerprint density at radius 1 is 1.36 bits per heavy atom. The molecule has 4 N–H and O–H groups in total. The number of cyclic esters (lactones) is 1. The Balaban J connectivity index is 2.07. The molecule has 2 aliphatic rings. The fourth-order valence-electron chi connectivity index (χ4n) is 4.69. The summed E-state index contributed by atoms with van der Waals surface area (Å²) >= 11 is 0. The summed E-state index contributed by atoms with van der Waals surface area (Å²) in [5.41, 5.74) is -1.41. The van der Waals surface area contributed by atoms with E-state index < -0.39 is 29.9 Å². The summed E-state index contributed by atoms with van der Waals surface area (Å²) in [7, 11) is 2.20. The summed E-state index contributed by atoms with van der Waals surface area (Å²) < 4.78 is 11.0. The van der Waals surface area contributed by atoms with Crippen LogP contribution < -0.4 is 5.32 Å². The Bertz CT molecular complexity index is 797. The molecule has 202 valence electrons. The molecule has 0 aromatic rings. The maximum absolute atomic E-state index is 11.8. The molecule has 0 spiro atoms. The molecular weight excluding hydrogens is 477 g/mol. The topological polar surface area (TPSA) is 108 Å². The first-order valence-electron chi connectivity index (χ1n) is 13.0. The lowest BCUT2D eigenvalue weighted by Crippen LogP contribution is -2.45. The van der Waals surface area contributed by atoms with Crippen LogP contribution in [-0.2, 0) is 14.1 Å². The molecule has 0 amide bonds. The summed E-state index contributed by atoms with van der Waals surface area (Å²) in [5.74, 6) is -0.0172. The Hall–Kier alpha value is -1.60. The molecule has 8 heteroatoms. The second kappa shape index (κ2) is 16.3. The van der Waals surface area contributed by atoms with E-state index in [0.29, 0.717) is 25.4 Å². The molecule has 1 fully saturated rings. The van der Waals surface area contributed by atoms with Gasteiger partial charge in [-0.05, 0) is 50.6 Å². The molecule has 8 unspecified atom stereocenters. The second-order valence-corrected chi connectivity index (χ2v) is 9.98. The maximum Gasteiger partial charge on any atom is 0.331 e. The van der Waals surface area contributed by atoms with E-state index in [2.05, 4.69) is 27.4 Å². The molecule has 0 radical (unpaired) electrons. The van der Waals surface area contributed by atoms with Crippen LogP contribution in [0.3, 0.4) is 0 Å². The number of carbonyl (C=O) groups excluding carboxylic acids is 1. The molecule has 0 aromatic carbocycles. The van der Waals surface area contributed by atoms with Gasteiger partial charge in [-0.3, -0.25) is 0 Å². The molecule has 1 aliphatic heterocycles. The van der Waals surface area contributed by atoms with Crippen molar-refractivity contribution in [1.82, 2.24) is 5.32 Å². The predicted molar refractivity (Wildman–Crippen MR) is 146 cm³/mol. The Morgan fingerprint density at radius 3 is 2.86 bits per heavy atom. The van der Waals surface area contributed by atoms with Crippen LogP contribution in [0, 0.1) is 11.8 Å². The Kier molecular flexibility index (Phi) is 13.9. The van der Waals surface area contributed by atoms with E-state index >= 15 is 0 Å². The van der Waals surface area contributed by atoms with Crippen LogP contribution in [0.1, 0.15) is 51.9 Å². The lowest BCUT2D eigenvalue weighted by molar-refractivity contribution is -0.143. The van der Waals surface area contributed by atoms with Crippen molar-refractivity contribution >= 4 is 15.4 Å². The van der Waals surface area contributed by atoms with Gasteiger partial charge in [-0.1, -0.05) is 55.9 Å². The van der Waals surface area contributed by atoms with E-state index in [4.69, 9.17) is 9.26 Å². The van der Waals surface area contributed by atoms with E-state index in [1.807, 2.05) is 19.1 Å². The van der Waals surface area contributed by atoms with Gasteiger partial charge in [-0.15, -0.1) is 6.58 Å². The molecule has 36 heavy (non-hydrogen) atoms. The average molecular weight is 522 g/mol. The molecule has 1 heterocycles. The van der Waals surface area contributed by atoms with Crippen molar-refractivity contribution < 1.29 is 29.4 Å². The highest BCUT2D eigenvalue weighted by Crippen LogP contribution is 2.29. The number of aliphatic hydroxyl groups is 3. The van der Waals surface area contributed by atoms with Gasteiger partial charge < -0.3 is 29.9 Å². The lowest BCUT2D eigenvalue weighted by atomic mass is 9.86. The fraction of sp³-hybridized carbons (Fsp3) is 0.607. The molecule has 0 saturated heterocycles. The Labute approximate surface area is 218 Å². The zero-order chi connectivity index (χ0) is 26.4. The molecule has 2 rings (SSSR count). The number of carbonyl (C=O) groups is 1. The van der Waals surface area contributed by atoms with Gasteiger partial charge in [0.05, 0.1) is 18.3 Å². The summed E-state index contributed by atoms with van der Waals surface area (Å²) in [4.78, 5) is 11.8. The number of hydrogen-bond donors (Lipinski definition) is 4. The standard InChI is InChI=1S/C28H44NO6P/c1-3-17-29-18-16-28(33,15-14-25-22(4-2)12-13-27(32)34-25)26(35-36)20-24(31)10-6-5-8-21-9-7-11-23(30)19-21/h3,5-6,8,10,12-15,21-26,29-31,33H,1,4,7,9,11,16-20,36H2,2H3. The third-order valence-corrected chi connectivity index (χ3v) is 7.21. The van der Waals surface area contributed by atoms with Gasteiger partial charge in [-0.2, -0.15) is 0 Å². The van der Waals surface area contributed by atoms with Crippen molar-refractivity contribution in [1.29, 1.82) is 0 Å². The van der Waals surface area contributed by atoms with Crippen LogP contribution in [0.15, 0.2) is 61.3 Å². The first-order valence-corrected chi connectivity index (χ1v) is 13.5. The smallest absolute Gasteiger partial charge is 0.331 e. The molecule has 0 bridgehead atoms. The van der Waals surface area contributed by atoms with Gasteiger partial charge in [0.15, 0.2) is 0 Å². The monoisotopic (exact) mass is 521 g/mol. The zero-order valence-electron chi connectivity index (χ0n) is 21.4. The predicted octanol–water partition coefficient (Wildman–Crippen LogP) is 3.54. The van der Waals surface area contributed by atoms with Gasteiger partial charge in [0.1, 0.15) is 11.7 Å². The third-order valence-electron chi connectivity index (χ3n) is 6.88. The van der Waals surface area contributed by atoms with E-state index in [0.717, 1.165) is 32.1 Å². The van der Waals surface area contributed by atoms with Crippen LogP contribution in [0.25, 0.3) is 0 Å². The van der Waals surface area contributed by atoms with E-state index in [1.165, 1.54) is 6.08 Å². The van der Waals surface area contributed by atoms with Crippen molar-refractivity contribution in [3.63, 3.8) is 0 Å². The highest BCUT2D eigenvalue weighted by Gasteiger charge is 2.36. The maximum atomic E-state index is 11.8. The summed E-state index contributed by atoms with van der Waals surface area (Å²) in [5, 5.41) is 35.3. The van der Waals surface area contributed by atoms with Crippen molar-refractivity contribution in [3.05, 3.63) is 61.3 Å². The lowest BCUT2D eigenvalue weighted by Gasteiger charge is -2.34. The van der Waals surface area contributed by atoms with Crippen molar-refractivity contribution in [3.8, 4) is 0 Å². The van der Waals surface area contributed by atoms with E-state index in [1.54, 1.807) is 30.4 Å². The molecule has 0 aromatic heterocycles. The van der Waals surface area contributed by atoms with Crippen LogP contribution in [0.4, 0.5) is 0 Å². The van der Waals surface area contributed by atoms with Gasteiger partial charge in [0, 0.05) is 34.4 Å². The fourth-order valence-corrected chi connectivity index (χ4v) is 5.04. The largest absolute Gasteiger partial charge is 0.454 e. The minimum Gasteiger partial charge on any atom is -0.454 e. The van der Waals surface area contributed by atoms with Crippen LogP contribution >= 0.6 is 9.47 Å². The van der Waals surface area contributed by atoms with E-state index in [9.17, 15) is 20.1 Å². The van der Waals surface area contributed by atoms with Gasteiger partial charge >= 0.3 is 5.97 Å². The minimum absolute atomic E-state index is 0.0306. The highest BCUT2D eigenvalue weighted by atomic mass is 31.0. The summed E-state index contributed by atoms with van der Waals surface area (Å²) in [6.07, 6.45) is 18.6. The molecule has 1 aliphatic carbocycles. The number of allylic oxidation sites excluding steroid dienone is 3. The average Bonchev–Trinajstić information content (AvgIpc) is 2.86. The number of nitrogens with one attached hydrogen (secondary N) is 1. The normalized spacial score (nSPS) is 28.4. The Morgan fingerprint density at radius 2 is 2.17 bits per heavy atom. The second-order valence-electron chi connectivity index (χ2n) is 9.70. The summed E-state index contributed by atoms with van der Waals surface area (Å²) in [6.45, 7) is 6.82. The third kappa shape index (κ3) is 10.4. The number of aliphatic hydroxyl groups excluding tert-OH is 2. The van der Waals surface area contributed by atoms with Crippen LogP contribution in [0.5, 0.6) is 0 Å². The number of ether oxygens (including phenoxy) is 1. The minimum atomic E-state index is -1.41. The van der Waals surface area contributed by atoms with Crippen molar-refractivity contribution in [2.24, 2.45) is 11.8 Å². The van der Waals surface area contributed by atoms with Gasteiger partial charge in [0.25, 0.3) is 0 Å². The molecule has 7 nitrogen and oxygen atoms in total. The van der Waals surface area contributed by atoms with Gasteiger partial charge in [0.2, 0.25) is 0 Å². The quantitative estimate of drug-likeness (QED) is 0.0858. The van der Waals surface area contributed by atoms with Crippen LogP contribution in [0.2, 0.25) is 0 Å². The van der Waals surface area contributed by atoms with Crippen molar-refractivity contribution in [2.75, 3.05) is 13.1 Å². The van der Waals surface area contributed by atoms with E-state index in [-0.39, 0.29) is 18.4 Å². The van der Waals surface area contributed by atoms with Crippen molar-refractivity contribution in [2.45, 2.75) is 81.9 Å². The number of esters is 1. The number of rotatable bonds is 15. The highest BCUT2D eigenvalue weighted by molar-refractivity contribution is 7.09. The number of hydrogen-bond acceptors (Lipinski definition) is 7. The first-order chi connectivity index (χ1) is 17.3. The summed E-state index contributed by atoms with van der Waals surface area (Å²) in [6, 6.07) is 0. The first kappa shape index (κ1) is 30.6. The molecule has 8 atom stereocenters. The van der Waals surface area contributed by atoms with Crippen LogP contribution in [-0.4, -0.2) is 64.4 Å². The molecule has 1 saturated carbocycles.